The molecule has 2 heterocycles. The molecule has 1 amide bonds. The lowest BCUT2D eigenvalue weighted by atomic mass is 10.0. The molecular weight excluding hydrogens is 338 g/mol. The van der Waals surface area contributed by atoms with Gasteiger partial charge in [-0.2, -0.15) is 0 Å². The van der Waals surface area contributed by atoms with E-state index in [1.807, 2.05) is 0 Å². The molecule has 0 aliphatic carbocycles. The molecule has 0 spiro atoms. The first kappa shape index (κ1) is 16.5. The molecule has 1 unspecified atom stereocenters. The van der Waals surface area contributed by atoms with Gasteiger partial charge in [-0.3, -0.25) is 4.79 Å². The molecule has 4 rings (SSSR count). The molecule has 1 saturated heterocycles. The second-order valence-electron chi connectivity index (χ2n) is 6.74. The minimum Gasteiger partial charge on any atom is -0.316 e. The third-order valence-corrected chi connectivity index (χ3v) is 6.61. The quantitative estimate of drug-likeness (QED) is 0.871. The van der Waals surface area contributed by atoms with Crippen LogP contribution in [0.1, 0.15) is 23.2 Å². The fourth-order valence-electron chi connectivity index (χ4n) is 3.75. The SMILES string of the molecule is CN1C(=O)c2cccc3c(S(=O)(=O)NCC4CCCNC4)ccc1c23. The van der Waals surface area contributed by atoms with Crippen molar-refractivity contribution in [3.63, 3.8) is 0 Å². The van der Waals surface area contributed by atoms with Crippen molar-refractivity contribution in [2.75, 3.05) is 31.6 Å². The van der Waals surface area contributed by atoms with Gasteiger partial charge in [0.2, 0.25) is 10.0 Å². The predicted molar refractivity (Wildman–Crippen MR) is 97.5 cm³/mol. The van der Waals surface area contributed by atoms with E-state index in [0.29, 0.717) is 23.4 Å². The van der Waals surface area contributed by atoms with Crippen molar-refractivity contribution in [1.82, 2.24) is 10.0 Å². The van der Waals surface area contributed by atoms with E-state index in [0.717, 1.165) is 37.0 Å². The molecule has 0 bridgehead atoms. The lowest BCUT2D eigenvalue weighted by molar-refractivity contribution is 0.0999. The maximum atomic E-state index is 12.9. The number of anilines is 1. The fraction of sp³-hybridized carbons (Fsp3) is 0.389. The molecule has 0 aromatic heterocycles. The Balaban J connectivity index is 1.71. The van der Waals surface area contributed by atoms with E-state index in [1.54, 1.807) is 42.3 Å². The zero-order chi connectivity index (χ0) is 17.6. The van der Waals surface area contributed by atoms with E-state index in [2.05, 4.69) is 10.0 Å². The highest BCUT2D eigenvalue weighted by Crippen LogP contribution is 2.39. The van der Waals surface area contributed by atoms with E-state index < -0.39 is 10.0 Å². The lowest BCUT2D eigenvalue weighted by Gasteiger charge is -2.23. The molecule has 1 atom stereocenters. The highest BCUT2D eigenvalue weighted by Gasteiger charge is 2.30. The van der Waals surface area contributed by atoms with Crippen LogP contribution in [0.25, 0.3) is 10.8 Å². The van der Waals surface area contributed by atoms with Gasteiger partial charge in [0.25, 0.3) is 5.91 Å². The van der Waals surface area contributed by atoms with Crippen molar-refractivity contribution in [2.24, 2.45) is 5.92 Å². The number of hydrogen-bond acceptors (Lipinski definition) is 4. The molecule has 2 aromatic carbocycles. The molecule has 6 nitrogen and oxygen atoms in total. The summed E-state index contributed by atoms with van der Waals surface area (Å²) in [5.41, 5.74) is 1.31. The Labute approximate surface area is 147 Å². The Morgan fingerprint density at radius 3 is 2.88 bits per heavy atom. The van der Waals surface area contributed by atoms with Gasteiger partial charge in [-0.05, 0) is 50.0 Å². The van der Waals surface area contributed by atoms with Crippen LogP contribution < -0.4 is 14.9 Å². The van der Waals surface area contributed by atoms with Crippen molar-refractivity contribution < 1.29 is 13.2 Å². The van der Waals surface area contributed by atoms with Crippen LogP contribution in [0.3, 0.4) is 0 Å². The van der Waals surface area contributed by atoms with Gasteiger partial charge in [-0.15, -0.1) is 0 Å². The Bertz CT molecular complexity index is 949. The summed E-state index contributed by atoms with van der Waals surface area (Å²) in [6.07, 6.45) is 2.10. The normalized spacial score (nSPS) is 20.4. The topological polar surface area (TPSA) is 78.5 Å². The van der Waals surface area contributed by atoms with Crippen LogP contribution in [0.2, 0.25) is 0 Å². The first-order chi connectivity index (χ1) is 12.0. The van der Waals surface area contributed by atoms with E-state index in [4.69, 9.17) is 0 Å². The van der Waals surface area contributed by atoms with Crippen LogP contribution in [-0.2, 0) is 10.0 Å². The van der Waals surface area contributed by atoms with Crippen LogP contribution in [0.4, 0.5) is 5.69 Å². The summed E-state index contributed by atoms with van der Waals surface area (Å²) < 4.78 is 28.5. The molecule has 0 saturated carbocycles. The smallest absolute Gasteiger partial charge is 0.258 e. The molecule has 2 N–H and O–H groups in total. The summed E-state index contributed by atoms with van der Waals surface area (Å²) in [7, 11) is -1.93. The number of sulfonamides is 1. The third-order valence-electron chi connectivity index (χ3n) is 5.13. The molecule has 132 valence electrons. The number of rotatable bonds is 4. The number of carbonyl (C=O) groups excluding carboxylic acids is 1. The third kappa shape index (κ3) is 2.72. The van der Waals surface area contributed by atoms with E-state index >= 15 is 0 Å². The monoisotopic (exact) mass is 359 g/mol. The maximum absolute atomic E-state index is 12.9. The molecule has 25 heavy (non-hydrogen) atoms. The summed E-state index contributed by atoms with van der Waals surface area (Å²) in [4.78, 5) is 14.1. The minimum absolute atomic E-state index is 0.101. The van der Waals surface area contributed by atoms with Gasteiger partial charge in [0.1, 0.15) is 0 Å². The van der Waals surface area contributed by atoms with Crippen molar-refractivity contribution in [1.29, 1.82) is 0 Å². The van der Waals surface area contributed by atoms with E-state index in [9.17, 15) is 13.2 Å². The summed E-state index contributed by atoms with van der Waals surface area (Å²) >= 11 is 0. The number of benzene rings is 2. The van der Waals surface area contributed by atoms with Gasteiger partial charge in [0, 0.05) is 29.9 Å². The first-order valence-corrected chi connectivity index (χ1v) is 10.0. The van der Waals surface area contributed by atoms with Gasteiger partial charge in [-0.25, -0.2) is 13.1 Å². The average Bonchev–Trinajstić information content (AvgIpc) is 2.88. The minimum atomic E-state index is -3.63. The van der Waals surface area contributed by atoms with Gasteiger partial charge in [0.15, 0.2) is 0 Å². The van der Waals surface area contributed by atoms with Gasteiger partial charge >= 0.3 is 0 Å². The highest BCUT2D eigenvalue weighted by atomic mass is 32.2. The Hall–Kier alpha value is -1.96. The molecule has 2 aliphatic heterocycles. The summed E-state index contributed by atoms with van der Waals surface area (Å²) in [6.45, 7) is 2.27. The van der Waals surface area contributed by atoms with Crippen molar-refractivity contribution in [3.8, 4) is 0 Å². The van der Waals surface area contributed by atoms with E-state index in [1.165, 1.54) is 0 Å². The highest BCUT2D eigenvalue weighted by molar-refractivity contribution is 7.89. The van der Waals surface area contributed by atoms with Crippen LogP contribution >= 0.6 is 0 Å². The first-order valence-electron chi connectivity index (χ1n) is 8.53. The van der Waals surface area contributed by atoms with Crippen molar-refractivity contribution in [2.45, 2.75) is 17.7 Å². The predicted octanol–water partition coefficient (Wildman–Crippen LogP) is 1.71. The Morgan fingerprint density at radius 2 is 2.12 bits per heavy atom. The largest absolute Gasteiger partial charge is 0.316 e. The number of nitrogens with zero attached hydrogens (tertiary/aromatic N) is 1. The molecule has 2 aliphatic rings. The molecular formula is C18H21N3O3S. The summed E-state index contributed by atoms with van der Waals surface area (Å²) in [5.74, 6) is 0.212. The number of hydrogen-bond donors (Lipinski definition) is 2. The number of amides is 1. The van der Waals surface area contributed by atoms with E-state index in [-0.39, 0.29) is 10.8 Å². The van der Waals surface area contributed by atoms with Crippen LogP contribution in [0, 0.1) is 5.92 Å². The molecule has 1 fully saturated rings. The second-order valence-corrected chi connectivity index (χ2v) is 8.47. The lowest BCUT2D eigenvalue weighted by Crippen LogP contribution is -2.38. The zero-order valence-electron chi connectivity index (χ0n) is 14.1. The van der Waals surface area contributed by atoms with Crippen LogP contribution in [0.5, 0.6) is 0 Å². The molecule has 7 heteroatoms. The average molecular weight is 359 g/mol. The van der Waals surface area contributed by atoms with Crippen molar-refractivity contribution in [3.05, 3.63) is 35.9 Å². The number of piperidine rings is 1. The van der Waals surface area contributed by atoms with Gasteiger partial charge in [-0.1, -0.05) is 12.1 Å². The number of carbonyl (C=O) groups is 1. The number of nitrogens with one attached hydrogen (secondary N) is 2. The molecule has 0 radical (unpaired) electrons. The Morgan fingerprint density at radius 1 is 1.28 bits per heavy atom. The zero-order valence-corrected chi connectivity index (χ0v) is 14.9. The summed E-state index contributed by atoms with van der Waals surface area (Å²) in [6, 6.07) is 8.56. The fourth-order valence-corrected chi connectivity index (χ4v) is 5.06. The van der Waals surface area contributed by atoms with Crippen LogP contribution in [-0.4, -0.2) is 41.0 Å². The molecule has 2 aromatic rings. The van der Waals surface area contributed by atoms with Gasteiger partial charge < -0.3 is 10.2 Å². The summed E-state index contributed by atoms with van der Waals surface area (Å²) in [5, 5.41) is 4.61. The standard InChI is InChI=1S/C18H21N3O3S/c1-21-15-7-8-16(13-5-2-6-14(17(13)15)18(21)22)25(23,24)20-11-12-4-3-9-19-10-12/h2,5-8,12,19-20H,3-4,9-11H2,1H3. The van der Waals surface area contributed by atoms with Crippen molar-refractivity contribution >= 4 is 32.4 Å². The second kappa shape index (κ2) is 6.09. The maximum Gasteiger partial charge on any atom is 0.258 e. The van der Waals surface area contributed by atoms with Gasteiger partial charge in [0.05, 0.1) is 10.6 Å². The Kier molecular flexibility index (Phi) is 4.02. The van der Waals surface area contributed by atoms with Crippen LogP contribution in [0.15, 0.2) is 35.2 Å².